The molecule has 0 spiro atoms. The Morgan fingerprint density at radius 1 is 1.35 bits per heavy atom. The van der Waals surface area contributed by atoms with Gasteiger partial charge in [0.05, 0.1) is 13.2 Å². The Morgan fingerprint density at radius 2 is 2.10 bits per heavy atom. The summed E-state index contributed by atoms with van der Waals surface area (Å²) in [6, 6.07) is 8.35. The predicted molar refractivity (Wildman–Crippen MR) is 81.9 cm³/mol. The summed E-state index contributed by atoms with van der Waals surface area (Å²) >= 11 is 0. The second kappa shape index (κ2) is 7.09. The van der Waals surface area contributed by atoms with Crippen molar-refractivity contribution in [1.29, 1.82) is 0 Å². The molecule has 0 saturated heterocycles. The number of aryl methyl sites for hydroxylation is 1. The van der Waals surface area contributed by atoms with E-state index >= 15 is 0 Å². The third-order valence-corrected chi connectivity index (χ3v) is 4.50. The van der Waals surface area contributed by atoms with Crippen molar-refractivity contribution in [3.63, 3.8) is 0 Å². The van der Waals surface area contributed by atoms with Crippen LogP contribution in [0.2, 0.25) is 0 Å². The predicted octanol–water partition coefficient (Wildman–Crippen LogP) is 2.90. The molecule has 2 rings (SSSR count). The zero-order chi connectivity index (χ0) is 14.4. The van der Waals surface area contributed by atoms with Crippen LogP contribution in [0.3, 0.4) is 0 Å². The van der Waals surface area contributed by atoms with Crippen LogP contribution in [0.5, 0.6) is 5.75 Å². The van der Waals surface area contributed by atoms with Crippen LogP contribution in [-0.4, -0.2) is 23.9 Å². The van der Waals surface area contributed by atoms with E-state index in [1.165, 1.54) is 12.0 Å². The van der Waals surface area contributed by atoms with Gasteiger partial charge in [0, 0.05) is 5.54 Å². The van der Waals surface area contributed by atoms with E-state index in [0.29, 0.717) is 12.5 Å². The summed E-state index contributed by atoms with van der Waals surface area (Å²) in [7, 11) is 0. The average Bonchev–Trinajstić information content (AvgIpc) is 2.83. The van der Waals surface area contributed by atoms with Crippen molar-refractivity contribution in [3.05, 3.63) is 29.8 Å². The fraction of sp³-hybridized carbons (Fsp3) is 0.647. The van der Waals surface area contributed by atoms with Crippen molar-refractivity contribution >= 4 is 0 Å². The Kier molecular flexibility index (Phi) is 5.44. The Bertz CT molecular complexity index is 404. The highest BCUT2D eigenvalue weighted by atomic mass is 16.5. The molecule has 3 N–H and O–H groups in total. The quantitative estimate of drug-likeness (QED) is 0.805. The van der Waals surface area contributed by atoms with Gasteiger partial charge in [-0.3, -0.25) is 0 Å². The first kappa shape index (κ1) is 15.3. The van der Waals surface area contributed by atoms with Crippen LogP contribution in [0.15, 0.2) is 24.3 Å². The highest BCUT2D eigenvalue weighted by molar-refractivity contribution is 5.27. The van der Waals surface area contributed by atoms with Gasteiger partial charge >= 0.3 is 0 Å². The molecule has 1 aliphatic rings. The number of ether oxygens (including phenoxy) is 1. The minimum absolute atomic E-state index is 0.0867. The van der Waals surface area contributed by atoms with E-state index in [1.54, 1.807) is 0 Å². The highest BCUT2D eigenvalue weighted by Gasteiger charge is 2.38. The van der Waals surface area contributed by atoms with E-state index in [0.717, 1.165) is 37.9 Å². The molecule has 2 unspecified atom stereocenters. The summed E-state index contributed by atoms with van der Waals surface area (Å²) in [5.74, 6) is 1.31. The molecule has 0 aromatic heterocycles. The Balaban J connectivity index is 1.78. The van der Waals surface area contributed by atoms with Gasteiger partial charge in [-0.1, -0.05) is 31.9 Å². The Morgan fingerprint density at radius 3 is 2.75 bits per heavy atom. The molecule has 112 valence electrons. The molecule has 0 amide bonds. The van der Waals surface area contributed by atoms with Crippen LogP contribution >= 0.6 is 0 Å². The first-order chi connectivity index (χ1) is 9.68. The van der Waals surface area contributed by atoms with E-state index in [9.17, 15) is 5.11 Å². The lowest BCUT2D eigenvalue weighted by atomic mass is 9.87. The monoisotopic (exact) mass is 277 g/mol. The molecule has 2 atom stereocenters. The smallest absolute Gasteiger partial charge is 0.119 e. The summed E-state index contributed by atoms with van der Waals surface area (Å²) in [6.07, 6.45) is 6.37. The van der Waals surface area contributed by atoms with Gasteiger partial charge in [0.25, 0.3) is 0 Å². The first-order valence-electron chi connectivity index (χ1n) is 7.79. The zero-order valence-corrected chi connectivity index (χ0v) is 12.5. The fourth-order valence-corrected chi connectivity index (χ4v) is 3.17. The van der Waals surface area contributed by atoms with Crippen LogP contribution < -0.4 is 10.5 Å². The standard InChI is InChI=1S/C17H27NO2/c1-2-4-14-6-8-16(9-7-14)20-12-10-15-5-3-11-17(15,18)13-19/h6-9,15,19H,2-5,10-13,18H2,1H3. The van der Waals surface area contributed by atoms with Gasteiger partial charge in [0.1, 0.15) is 5.75 Å². The molecule has 1 aromatic rings. The molecule has 1 aliphatic carbocycles. The summed E-state index contributed by atoms with van der Waals surface area (Å²) in [6.45, 7) is 2.95. The number of nitrogens with two attached hydrogens (primary N) is 1. The van der Waals surface area contributed by atoms with E-state index in [2.05, 4.69) is 19.1 Å². The maximum absolute atomic E-state index is 9.43. The van der Waals surface area contributed by atoms with Crippen molar-refractivity contribution in [2.75, 3.05) is 13.2 Å². The van der Waals surface area contributed by atoms with Gasteiger partial charge < -0.3 is 15.6 Å². The van der Waals surface area contributed by atoms with Crippen LogP contribution in [0, 0.1) is 5.92 Å². The summed E-state index contributed by atoms with van der Waals surface area (Å²) in [5.41, 5.74) is 7.21. The topological polar surface area (TPSA) is 55.5 Å². The summed E-state index contributed by atoms with van der Waals surface area (Å²) in [5, 5.41) is 9.43. The van der Waals surface area contributed by atoms with Crippen LogP contribution in [0.25, 0.3) is 0 Å². The van der Waals surface area contributed by atoms with Gasteiger partial charge in [0.2, 0.25) is 0 Å². The van der Waals surface area contributed by atoms with Crippen LogP contribution in [0.1, 0.15) is 44.6 Å². The van der Waals surface area contributed by atoms with Crippen molar-refractivity contribution in [2.45, 2.75) is 51.0 Å². The van der Waals surface area contributed by atoms with Crippen molar-refractivity contribution < 1.29 is 9.84 Å². The second-order valence-electron chi connectivity index (χ2n) is 6.01. The third kappa shape index (κ3) is 3.74. The van der Waals surface area contributed by atoms with Crippen molar-refractivity contribution in [2.24, 2.45) is 11.7 Å². The summed E-state index contributed by atoms with van der Waals surface area (Å²) < 4.78 is 5.80. The molecule has 20 heavy (non-hydrogen) atoms. The molecular weight excluding hydrogens is 250 g/mol. The Hall–Kier alpha value is -1.06. The van der Waals surface area contributed by atoms with Gasteiger partial charge in [-0.2, -0.15) is 0 Å². The summed E-state index contributed by atoms with van der Waals surface area (Å²) in [4.78, 5) is 0. The lowest BCUT2D eigenvalue weighted by molar-refractivity contribution is 0.143. The largest absolute Gasteiger partial charge is 0.494 e. The lowest BCUT2D eigenvalue weighted by Gasteiger charge is -2.29. The minimum Gasteiger partial charge on any atom is -0.494 e. The number of aliphatic hydroxyl groups excluding tert-OH is 1. The number of benzene rings is 1. The third-order valence-electron chi connectivity index (χ3n) is 4.50. The second-order valence-corrected chi connectivity index (χ2v) is 6.01. The Labute approximate surface area is 122 Å². The minimum atomic E-state index is -0.381. The molecule has 3 nitrogen and oxygen atoms in total. The van der Waals surface area contributed by atoms with Crippen LogP contribution in [-0.2, 0) is 6.42 Å². The number of hydrogen-bond donors (Lipinski definition) is 2. The molecule has 0 bridgehead atoms. The zero-order valence-electron chi connectivity index (χ0n) is 12.5. The fourth-order valence-electron chi connectivity index (χ4n) is 3.17. The van der Waals surface area contributed by atoms with E-state index in [1.807, 2.05) is 12.1 Å². The number of rotatable bonds is 7. The maximum atomic E-state index is 9.43. The van der Waals surface area contributed by atoms with E-state index in [-0.39, 0.29) is 12.1 Å². The van der Waals surface area contributed by atoms with Crippen LogP contribution in [0.4, 0.5) is 0 Å². The van der Waals surface area contributed by atoms with Gasteiger partial charge in [-0.25, -0.2) is 0 Å². The van der Waals surface area contributed by atoms with Crippen molar-refractivity contribution in [3.8, 4) is 5.75 Å². The molecule has 0 radical (unpaired) electrons. The molecule has 1 aromatic carbocycles. The lowest BCUT2D eigenvalue weighted by Crippen LogP contribution is -2.47. The highest BCUT2D eigenvalue weighted by Crippen LogP contribution is 2.35. The number of hydrogen-bond acceptors (Lipinski definition) is 3. The van der Waals surface area contributed by atoms with Crippen molar-refractivity contribution in [1.82, 2.24) is 0 Å². The SMILES string of the molecule is CCCc1ccc(OCCC2CCCC2(N)CO)cc1. The normalized spacial score (nSPS) is 25.9. The molecular formula is C17H27NO2. The maximum Gasteiger partial charge on any atom is 0.119 e. The van der Waals surface area contributed by atoms with Gasteiger partial charge in [-0.15, -0.1) is 0 Å². The molecule has 3 heteroatoms. The van der Waals surface area contributed by atoms with E-state index in [4.69, 9.17) is 10.5 Å². The first-order valence-corrected chi connectivity index (χ1v) is 7.79. The van der Waals surface area contributed by atoms with Gasteiger partial charge in [-0.05, 0) is 49.3 Å². The molecule has 1 fully saturated rings. The van der Waals surface area contributed by atoms with E-state index < -0.39 is 0 Å². The number of aliphatic hydroxyl groups is 1. The average molecular weight is 277 g/mol. The van der Waals surface area contributed by atoms with Gasteiger partial charge in [0.15, 0.2) is 0 Å². The molecule has 1 saturated carbocycles. The molecule has 0 heterocycles. The molecule has 0 aliphatic heterocycles.